The molecule has 1 amide bonds. The highest BCUT2D eigenvalue weighted by Gasteiger charge is 2.40. The van der Waals surface area contributed by atoms with Crippen molar-refractivity contribution in [3.05, 3.63) is 0 Å². The summed E-state index contributed by atoms with van der Waals surface area (Å²) in [6.45, 7) is 4.25. The van der Waals surface area contributed by atoms with E-state index in [-0.39, 0.29) is 24.7 Å². The minimum Gasteiger partial charge on any atom is -0.379 e. The fourth-order valence-corrected chi connectivity index (χ4v) is 5.03. The van der Waals surface area contributed by atoms with Crippen LogP contribution in [0.2, 0.25) is 0 Å². The van der Waals surface area contributed by atoms with Crippen LogP contribution >= 0.6 is 0 Å². The third-order valence-electron chi connectivity index (χ3n) is 6.99. The molecule has 4 unspecified atom stereocenters. The summed E-state index contributed by atoms with van der Waals surface area (Å²) in [5.41, 5.74) is 3.25. The number of carbonyl (C=O) groups excluding carboxylic acids is 1. The lowest BCUT2D eigenvalue weighted by Gasteiger charge is -2.35. The third kappa shape index (κ3) is 4.37. The van der Waals surface area contributed by atoms with Crippen LogP contribution in [0.25, 0.3) is 0 Å². The Morgan fingerprint density at radius 1 is 1.04 bits per heavy atom. The van der Waals surface area contributed by atoms with Gasteiger partial charge in [0.05, 0.1) is 18.9 Å². The molecule has 0 aromatic carbocycles. The Morgan fingerprint density at radius 3 is 2.64 bits per heavy atom. The summed E-state index contributed by atoms with van der Waals surface area (Å²) in [4.78, 5) is 20.3. The van der Waals surface area contributed by atoms with Gasteiger partial charge in [0.1, 0.15) is 12.5 Å². The molecule has 0 spiro atoms. The van der Waals surface area contributed by atoms with Crippen molar-refractivity contribution in [1.82, 2.24) is 21.0 Å². The van der Waals surface area contributed by atoms with Crippen LogP contribution in [-0.4, -0.2) is 68.4 Å². The quantitative estimate of drug-likeness (QED) is 0.628. The van der Waals surface area contributed by atoms with Crippen molar-refractivity contribution in [2.75, 3.05) is 32.8 Å². The van der Waals surface area contributed by atoms with Crippen molar-refractivity contribution in [3.63, 3.8) is 0 Å². The first kappa shape index (κ1) is 19.2. The number of likely N-dealkylation sites (tertiary alicyclic amines) is 1. The molecule has 5 fully saturated rings. The number of carbonyl (C=O) groups is 1. The van der Waals surface area contributed by atoms with Gasteiger partial charge in [-0.1, -0.05) is 0 Å². The number of hydroxylamine groups is 1. The molecule has 0 bridgehead atoms. The number of nitrogens with zero attached hydrogens (tertiary/aromatic N) is 1. The first-order valence-corrected chi connectivity index (χ1v) is 11.2. The Kier molecular flexibility index (Phi) is 5.86. The van der Waals surface area contributed by atoms with Gasteiger partial charge in [0.2, 0.25) is 5.91 Å². The molecular formula is C20H34N4O4. The van der Waals surface area contributed by atoms with Crippen molar-refractivity contribution < 1.29 is 19.1 Å². The molecule has 8 heteroatoms. The van der Waals surface area contributed by atoms with Crippen LogP contribution in [0.3, 0.4) is 0 Å². The van der Waals surface area contributed by atoms with E-state index in [1.54, 1.807) is 0 Å². The van der Waals surface area contributed by atoms with Gasteiger partial charge in [-0.05, 0) is 57.4 Å². The van der Waals surface area contributed by atoms with E-state index in [0.717, 1.165) is 71.2 Å². The van der Waals surface area contributed by atoms with Gasteiger partial charge >= 0.3 is 0 Å². The summed E-state index contributed by atoms with van der Waals surface area (Å²) in [5.74, 6) is 1.66. The molecule has 0 aromatic rings. The Labute approximate surface area is 167 Å². The monoisotopic (exact) mass is 394 g/mol. The number of hydrogen-bond acceptors (Lipinski definition) is 7. The van der Waals surface area contributed by atoms with Gasteiger partial charge in [-0.15, -0.1) is 0 Å². The second-order valence-corrected chi connectivity index (χ2v) is 9.09. The van der Waals surface area contributed by atoms with E-state index in [1.807, 2.05) is 0 Å². The first-order valence-electron chi connectivity index (χ1n) is 11.2. The van der Waals surface area contributed by atoms with Gasteiger partial charge in [-0.3, -0.25) is 20.3 Å². The van der Waals surface area contributed by atoms with Crippen molar-refractivity contribution in [2.24, 2.45) is 17.8 Å². The van der Waals surface area contributed by atoms with E-state index in [0.29, 0.717) is 30.3 Å². The fourth-order valence-electron chi connectivity index (χ4n) is 5.03. The number of rotatable bonds is 5. The number of hydrogen-bond donors (Lipinski definition) is 3. The van der Waals surface area contributed by atoms with Crippen LogP contribution in [0.5, 0.6) is 0 Å². The molecule has 3 N–H and O–H groups in total. The number of nitrogens with one attached hydrogen (secondary N) is 3. The van der Waals surface area contributed by atoms with Crippen LogP contribution in [0.4, 0.5) is 0 Å². The maximum atomic E-state index is 12.2. The second kappa shape index (κ2) is 8.53. The number of piperidine rings is 2. The van der Waals surface area contributed by atoms with Gasteiger partial charge in [0, 0.05) is 31.5 Å². The van der Waals surface area contributed by atoms with E-state index >= 15 is 0 Å². The zero-order valence-corrected chi connectivity index (χ0v) is 16.6. The largest absolute Gasteiger partial charge is 0.379 e. The summed E-state index contributed by atoms with van der Waals surface area (Å²) in [6, 6.07) is 0. The summed E-state index contributed by atoms with van der Waals surface area (Å²) >= 11 is 0. The minimum absolute atomic E-state index is 0.0316. The molecule has 28 heavy (non-hydrogen) atoms. The molecule has 5 atom stereocenters. The van der Waals surface area contributed by atoms with Crippen LogP contribution < -0.4 is 16.1 Å². The van der Waals surface area contributed by atoms with Crippen LogP contribution in [-0.2, 0) is 19.1 Å². The first-order chi connectivity index (χ1) is 13.8. The summed E-state index contributed by atoms with van der Waals surface area (Å²) in [7, 11) is 0. The average Bonchev–Trinajstić information content (AvgIpc) is 3.23. The molecule has 5 rings (SSSR count). The predicted octanol–water partition coefficient (Wildman–Crippen LogP) is 0.543. The van der Waals surface area contributed by atoms with E-state index in [2.05, 4.69) is 21.0 Å². The molecule has 5 aliphatic rings. The van der Waals surface area contributed by atoms with Crippen molar-refractivity contribution in [2.45, 2.75) is 69.7 Å². The lowest BCUT2D eigenvalue weighted by atomic mass is 9.92. The average molecular weight is 395 g/mol. The van der Waals surface area contributed by atoms with E-state index in [9.17, 15) is 4.79 Å². The smallest absolute Gasteiger partial charge is 0.225 e. The Hall–Kier alpha value is -0.770. The van der Waals surface area contributed by atoms with E-state index in [1.165, 1.54) is 0 Å². The third-order valence-corrected chi connectivity index (χ3v) is 6.99. The van der Waals surface area contributed by atoms with Gasteiger partial charge in [-0.2, -0.15) is 5.48 Å². The van der Waals surface area contributed by atoms with Crippen molar-refractivity contribution >= 4 is 5.91 Å². The summed E-state index contributed by atoms with van der Waals surface area (Å²) in [5, 5.41) is 7.16. The van der Waals surface area contributed by atoms with Crippen LogP contribution in [0.1, 0.15) is 44.9 Å². The molecule has 158 valence electrons. The SMILES string of the molecule is O=C(C1CC1)N1CCC(C2NOC(C3CCNC(O[C@@H]4CCOC4)C3)N2)CC1. The molecule has 4 saturated heterocycles. The lowest BCUT2D eigenvalue weighted by molar-refractivity contribution is -0.134. The van der Waals surface area contributed by atoms with Crippen LogP contribution in [0.15, 0.2) is 0 Å². The Bertz CT molecular complexity index is 546. The second-order valence-electron chi connectivity index (χ2n) is 9.09. The van der Waals surface area contributed by atoms with Gasteiger partial charge < -0.3 is 14.4 Å². The highest BCUT2D eigenvalue weighted by molar-refractivity contribution is 5.81. The predicted molar refractivity (Wildman–Crippen MR) is 102 cm³/mol. The molecule has 4 aliphatic heterocycles. The minimum atomic E-state index is 0.0316. The van der Waals surface area contributed by atoms with Crippen molar-refractivity contribution in [3.8, 4) is 0 Å². The maximum Gasteiger partial charge on any atom is 0.225 e. The maximum absolute atomic E-state index is 12.2. The summed E-state index contributed by atoms with van der Waals surface area (Å²) < 4.78 is 11.6. The van der Waals surface area contributed by atoms with Gasteiger partial charge in [-0.25, -0.2) is 0 Å². The molecule has 1 saturated carbocycles. The Morgan fingerprint density at radius 2 is 1.89 bits per heavy atom. The molecular weight excluding hydrogens is 360 g/mol. The van der Waals surface area contributed by atoms with Crippen LogP contribution in [0, 0.1) is 17.8 Å². The molecule has 1 aliphatic carbocycles. The van der Waals surface area contributed by atoms with Crippen molar-refractivity contribution in [1.29, 1.82) is 0 Å². The normalized spacial score (nSPS) is 40.1. The van der Waals surface area contributed by atoms with E-state index < -0.39 is 0 Å². The highest BCUT2D eigenvalue weighted by atomic mass is 16.7. The Balaban J connectivity index is 1.07. The highest BCUT2D eigenvalue weighted by Crippen LogP contribution is 2.33. The topological polar surface area (TPSA) is 84.1 Å². The number of ether oxygens (including phenoxy) is 2. The number of amides is 1. The molecule has 0 aromatic heterocycles. The van der Waals surface area contributed by atoms with Gasteiger partial charge in [0.25, 0.3) is 0 Å². The fraction of sp³-hybridized carbons (Fsp3) is 0.950. The van der Waals surface area contributed by atoms with Gasteiger partial charge in [0.15, 0.2) is 0 Å². The standard InChI is InChI=1S/C20H34N4O4/c25-20(14-1-2-14)24-8-4-13(5-9-24)18-22-19(28-23-18)15-3-7-21-17(11-15)27-16-6-10-26-12-16/h13-19,21-23H,1-12H2/t15?,16-,17?,18?,19?/m1/s1. The zero-order chi connectivity index (χ0) is 18.9. The summed E-state index contributed by atoms with van der Waals surface area (Å²) in [6.07, 6.45) is 7.83. The molecule has 8 nitrogen and oxygen atoms in total. The zero-order valence-electron chi connectivity index (χ0n) is 16.6. The lowest BCUT2D eigenvalue weighted by Crippen LogP contribution is -2.50. The molecule has 0 radical (unpaired) electrons. The van der Waals surface area contributed by atoms with E-state index in [4.69, 9.17) is 14.3 Å². The molecule has 4 heterocycles.